The lowest BCUT2D eigenvalue weighted by atomic mass is 10.1. The van der Waals surface area contributed by atoms with E-state index in [0.29, 0.717) is 16.9 Å². The Hall–Kier alpha value is -1.63. The summed E-state index contributed by atoms with van der Waals surface area (Å²) in [6, 6.07) is 8.33. The third kappa shape index (κ3) is 2.77. The summed E-state index contributed by atoms with van der Waals surface area (Å²) in [6.07, 6.45) is 1.51. The topological polar surface area (TPSA) is 70.8 Å². The van der Waals surface area contributed by atoms with E-state index in [1.165, 1.54) is 17.6 Å². The first-order chi connectivity index (χ1) is 9.46. The average Bonchev–Trinajstić information content (AvgIpc) is 2.91. The molecular formula is C14H17NO4S. The molecule has 0 aliphatic rings. The van der Waals surface area contributed by atoms with Gasteiger partial charge in [0.2, 0.25) is 10.0 Å². The van der Waals surface area contributed by atoms with Gasteiger partial charge in [-0.2, -0.15) is 4.31 Å². The maximum Gasteiger partial charge on any atom is 0.243 e. The van der Waals surface area contributed by atoms with Crippen LogP contribution in [-0.4, -0.2) is 24.9 Å². The third-order valence-corrected chi connectivity index (χ3v) is 5.16. The molecule has 1 heterocycles. The number of furan rings is 1. The Morgan fingerprint density at radius 3 is 2.60 bits per heavy atom. The molecule has 0 bridgehead atoms. The van der Waals surface area contributed by atoms with Crippen molar-refractivity contribution in [1.82, 2.24) is 4.31 Å². The number of hydrogen-bond acceptors (Lipinski definition) is 4. The Balaban J connectivity index is 2.35. The van der Waals surface area contributed by atoms with Gasteiger partial charge in [-0.25, -0.2) is 8.42 Å². The van der Waals surface area contributed by atoms with E-state index in [2.05, 4.69) is 0 Å². The lowest BCUT2D eigenvalue weighted by Gasteiger charge is -2.18. The van der Waals surface area contributed by atoms with Crippen molar-refractivity contribution < 1.29 is 17.9 Å². The number of aliphatic hydroxyl groups is 1. The molecule has 1 N–H and O–H groups in total. The largest absolute Gasteiger partial charge is 0.468 e. The van der Waals surface area contributed by atoms with E-state index in [9.17, 15) is 13.5 Å². The van der Waals surface area contributed by atoms with Gasteiger partial charge in [-0.3, -0.25) is 0 Å². The van der Waals surface area contributed by atoms with Crippen molar-refractivity contribution >= 4 is 10.0 Å². The van der Waals surface area contributed by atoms with Crippen molar-refractivity contribution in [2.45, 2.75) is 25.0 Å². The Morgan fingerprint density at radius 2 is 2.00 bits per heavy atom. The van der Waals surface area contributed by atoms with Crippen LogP contribution in [0.25, 0.3) is 0 Å². The molecule has 108 valence electrons. The molecule has 2 aromatic rings. The molecule has 20 heavy (non-hydrogen) atoms. The molecule has 0 atom stereocenters. The Labute approximate surface area is 118 Å². The molecule has 6 heteroatoms. The molecule has 2 rings (SSSR count). The highest BCUT2D eigenvalue weighted by molar-refractivity contribution is 7.89. The first-order valence-corrected chi connectivity index (χ1v) is 7.59. The highest BCUT2D eigenvalue weighted by Crippen LogP contribution is 2.23. The van der Waals surface area contributed by atoms with Gasteiger partial charge >= 0.3 is 0 Å². The fourth-order valence-corrected chi connectivity index (χ4v) is 3.39. The standard InChI is InChI=1S/C14H17NO4S/c1-11-12(10-16)5-3-7-14(11)20(17,18)15(2)9-13-6-4-8-19-13/h3-8,16H,9-10H2,1-2H3. The number of hydrogen-bond donors (Lipinski definition) is 1. The van der Waals surface area contributed by atoms with Crippen LogP contribution in [0.1, 0.15) is 16.9 Å². The number of sulfonamides is 1. The van der Waals surface area contributed by atoms with Crippen LogP contribution in [0, 0.1) is 6.92 Å². The first kappa shape index (κ1) is 14.8. The van der Waals surface area contributed by atoms with Crippen molar-refractivity contribution in [2.75, 3.05) is 7.05 Å². The summed E-state index contributed by atoms with van der Waals surface area (Å²) in [6.45, 7) is 1.67. The van der Waals surface area contributed by atoms with Gasteiger partial charge in [-0.15, -0.1) is 0 Å². The lowest BCUT2D eigenvalue weighted by molar-refractivity contribution is 0.280. The van der Waals surface area contributed by atoms with Crippen LogP contribution in [0.4, 0.5) is 0 Å². The molecule has 0 aliphatic carbocycles. The fourth-order valence-electron chi connectivity index (χ4n) is 1.99. The molecule has 0 spiro atoms. The van der Waals surface area contributed by atoms with Crippen LogP contribution in [-0.2, 0) is 23.2 Å². The first-order valence-electron chi connectivity index (χ1n) is 6.15. The number of benzene rings is 1. The van der Waals surface area contributed by atoms with Gasteiger partial charge in [0.05, 0.1) is 24.3 Å². The summed E-state index contributed by atoms with van der Waals surface area (Å²) < 4.78 is 31.5. The fraction of sp³-hybridized carbons (Fsp3) is 0.286. The van der Waals surface area contributed by atoms with Gasteiger partial charge < -0.3 is 9.52 Å². The summed E-state index contributed by atoms with van der Waals surface area (Å²) in [5.41, 5.74) is 1.18. The lowest BCUT2D eigenvalue weighted by Crippen LogP contribution is -2.27. The van der Waals surface area contributed by atoms with Crippen molar-refractivity contribution in [3.8, 4) is 0 Å². The summed E-state index contributed by atoms with van der Waals surface area (Å²) in [7, 11) is -2.11. The van der Waals surface area contributed by atoms with E-state index in [4.69, 9.17) is 4.42 Å². The van der Waals surface area contributed by atoms with E-state index in [1.54, 1.807) is 37.3 Å². The molecule has 0 amide bonds. The second-order valence-corrected chi connectivity index (χ2v) is 6.55. The zero-order valence-electron chi connectivity index (χ0n) is 11.4. The highest BCUT2D eigenvalue weighted by atomic mass is 32.2. The maximum absolute atomic E-state index is 12.5. The molecular weight excluding hydrogens is 278 g/mol. The second-order valence-electron chi connectivity index (χ2n) is 4.54. The maximum atomic E-state index is 12.5. The van der Waals surface area contributed by atoms with Crippen molar-refractivity contribution in [3.05, 3.63) is 53.5 Å². The van der Waals surface area contributed by atoms with E-state index in [0.717, 1.165) is 0 Å². The van der Waals surface area contributed by atoms with E-state index >= 15 is 0 Å². The Morgan fingerprint density at radius 1 is 1.25 bits per heavy atom. The smallest absolute Gasteiger partial charge is 0.243 e. The number of rotatable bonds is 5. The second kappa shape index (κ2) is 5.78. The Bertz CT molecular complexity index is 677. The summed E-state index contributed by atoms with van der Waals surface area (Å²) in [4.78, 5) is 0.207. The van der Waals surface area contributed by atoms with Crippen LogP contribution in [0.15, 0.2) is 45.9 Å². The molecule has 0 fully saturated rings. The van der Waals surface area contributed by atoms with Crippen molar-refractivity contribution in [1.29, 1.82) is 0 Å². The molecule has 0 radical (unpaired) electrons. The van der Waals surface area contributed by atoms with Crippen LogP contribution in [0.3, 0.4) is 0 Å². The quantitative estimate of drug-likeness (QED) is 0.914. The minimum absolute atomic E-state index is 0.165. The molecule has 0 saturated heterocycles. The molecule has 5 nitrogen and oxygen atoms in total. The molecule has 0 aliphatic heterocycles. The van der Waals surface area contributed by atoms with Gasteiger partial charge in [0, 0.05) is 7.05 Å². The van der Waals surface area contributed by atoms with Gasteiger partial charge in [-0.05, 0) is 36.2 Å². The number of nitrogens with zero attached hydrogens (tertiary/aromatic N) is 1. The highest BCUT2D eigenvalue weighted by Gasteiger charge is 2.24. The summed E-state index contributed by atoms with van der Waals surface area (Å²) >= 11 is 0. The molecule has 0 saturated carbocycles. The minimum atomic E-state index is -3.62. The summed E-state index contributed by atoms with van der Waals surface area (Å²) in [5, 5.41) is 9.23. The zero-order chi connectivity index (χ0) is 14.8. The van der Waals surface area contributed by atoms with Crippen molar-refractivity contribution in [3.63, 3.8) is 0 Å². The minimum Gasteiger partial charge on any atom is -0.468 e. The van der Waals surface area contributed by atoms with Crippen LogP contribution in [0.2, 0.25) is 0 Å². The third-order valence-electron chi connectivity index (χ3n) is 3.21. The van der Waals surface area contributed by atoms with Gasteiger partial charge in [0.15, 0.2) is 0 Å². The van der Waals surface area contributed by atoms with Crippen LogP contribution >= 0.6 is 0 Å². The molecule has 0 unspecified atom stereocenters. The summed E-state index contributed by atoms with van der Waals surface area (Å²) in [5.74, 6) is 0.576. The molecule has 1 aromatic heterocycles. The van der Waals surface area contributed by atoms with Crippen LogP contribution < -0.4 is 0 Å². The normalized spacial score (nSPS) is 12.0. The van der Waals surface area contributed by atoms with Gasteiger partial charge in [0.25, 0.3) is 0 Å². The van der Waals surface area contributed by atoms with E-state index < -0.39 is 10.0 Å². The number of aliphatic hydroxyl groups excluding tert-OH is 1. The zero-order valence-corrected chi connectivity index (χ0v) is 12.2. The monoisotopic (exact) mass is 295 g/mol. The predicted molar refractivity (Wildman–Crippen MR) is 74.5 cm³/mol. The van der Waals surface area contributed by atoms with E-state index in [-0.39, 0.29) is 18.0 Å². The van der Waals surface area contributed by atoms with Crippen LogP contribution in [0.5, 0.6) is 0 Å². The van der Waals surface area contributed by atoms with Gasteiger partial charge in [0.1, 0.15) is 5.76 Å². The Kier molecular flexibility index (Phi) is 4.27. The predicted octanol–water partition coefficient (Wildman–Crippen LogP) is 1.90. The van der Waals surface area contributed by atoms with Gasteiger partial charge in [-0.1, -0.05) is 12.1 Å². The SMILES string of the molecule is Cc1c(CO)cccc1S(=O)(=O)N(C)Cc1ccco1. The average molecular weight is 295 g/mol. The van der Waals surface area contributed by atoms with E-state index in [1.807, 2.05) is 0 Å². The van der Waals surface area contributed by atoms with Crippen molar-refractivity contribution in [2.24, 2.45) is 0 Å². The molecule has 1 aromatic carbocycles.